The van der Waals surface area contributed by atoms with E-state index in [-0.39, 0.29) is 30.0 Å². The Hall–Kier alpha value is -0.900. The van der Waals surface area contributed by atoms with Gasteiger partial charge < -0.3 is 5.32 Å². The smallest absolute Gasteiger partial charge is 0.237 e. The summed E-state index contributed by atoms with van der Waals surface area (Å²) in [7, 11) is 0. The van der Waals surface area contributed by atoms with Crippen molar-refractivity contribution in [1.29, 1.82) is 0 Å². The fourth-order valence-electron chi connectivity index (χ4n) is 3.76. The van der Waals surface area contributed by atoms with Crippen LogP contribution in [0.4, 0.5) is 0 Å². The van der Waals surface area contributed by atoms with Crippen LogP contribution in [0.25, 0.3) is 0 Å². The van der Waals surface area contributed by atoms with Gasteiger partial charge in [-0.1, -0.05) is 13.3 Å². The third kappa shape index (κ3) is 3.85. The van der Waals surface area contributed by atoms with Crippen LogP contribution in [0.2, 0.25) is 0 Å². The molecule has 2 fully saturated rings. The van der Waals surface area contributed by atoms with E-state index in [1.807, 2.05) is 13.8 Å². The minimum absolute atomic E-state index is 0.113. The molecule has 2 rings (SSSR count). The standard InChI is InChI=1S/C17H30N2O2/c1-4-12(2)18-17(21)13(3)19-11-6-5-9-15(19)14-8-7-10-16(14)20/h12-15H,4-11H2,1-3H3,(H,18,21). The molecule has 21 heavy (non-hydrogen) atoms. The zero-order chi connectivity index (χ0) is 15.4. The summed E-state index contributed by atoms with van der Waals surface area (Å²) in [6, 6.07) is 0.375. The van der Waals surface area contributed by atoms with E-state index in [1.165, 1.54) is 6.42 Å². The first-order valence-corrected chi connectivity index (χ1v) is 8.63. The summed E-state index contributed by atoms with van der Waals surface area (Å²) < 4.78 is 0. The third-order valence-electron chi connectivity index (χ3n) is 5.29. The highest BCUT2D eigenvalue weighted by Gasteiger charge is 2.39. The van der Waals surface area contributed by atoms with Gasteiger partial charge in [0, 0.05) is 24.4 Å². The maximum Gasteiger partial charge on any atom is 0.237 e. The molecule has 0 aromatic carbocycles. The molecule has 120 valence electrons. The fourth-order valence-corrected chi connectivity index (χ4v) is 3.76. The Balaban J connectivity index is 2.03. The average Bonchev–Trinajstić information content (AvgIpc) is 2.92. The van der Waals surface area contributed by atoms with Crippen molar-refractivity contribution in [2.75, 3.05) is 6.54 Å². The van der Waals surface area contributed by atoms with Gasteiger partial charge in [-0.3, -0.25) is 14.5 Å². The van der Waals surface area contributed by atoms with Crippen LogP contribution in [0.3, 0.4) is 0 Å². The van der Waals surface area contributed by atoms with E-state index in [4.69, 9.17) is 0 Å². The zero-order valence-electron chi connectivity index (χ0n) is 13.7. The molecule has 0 radical (unpaired) electrons. The summed E-state index contributed by atoms with van der Waals surface area (Å²) in [5.41, 5.74) is 0. The normalized spacial score (nSPS) is 30.1. The number of hydrogen-bond donors (Lipinski definition) is 1. The molecule has 1 amide bonds. The Bertz CT molecular complexity index is 383. The van der Waals surface area contributed by atoms with Gasteiger partial charge >= 0.3 is 0 Å². The molecule has 0 aromatic rings. The van der Waals surface area contributed by atoms with Crippen molar-refractivity contribution in [3.05, 3.63) is 0 Å². The van der Waals surface area contributed by atoms with Crippen molar-refractivity contribution in [3.8, 4) is 0 Å². The van der Waals surface area contributed by atoms with Gasteiger partial charge in [0.25, 0.3) is 0 Å². The first-order chi connectivity index (χ1) is 10.0. The number of piperidine rings is 1. The van der Waals surface area contributed by atoms with E-state index >= 15 is 0 Å². The number of carbonyl (C=O) groups excluding carboxylic acids is 2. The summed E-state index contributed by atoms with van der Waals surface area (Å²) in [6.45, 7) is 7.06. The molecule has 1 heterocycles. The molecular formula is C17H30N2O2. The number of rotatable bonds is 5. The lowest BCUT2D eigenvalue weighted by Crippen LogP contribution is -2.55. The van der Waals surface area contributed by atoms with E-state index in [1.54, 1.807) is 0 Å². The van der Waals surface area contributed by atoms with Crippen molar-refractivity contribution in [3.63, 3.8) is 0 Å². The number of likely N-dealkylation sites (tertiary alicyclic amines) is 1. The van der Waals surface area contributed by atoms with E-state index in [0.717, 1.165) is 45.1 Å². The van der Waals surface area contributed by atoms with Gasteiger partial charge in [0.2, 0.25) is 5.91 Å². The average molecular weight is 294 g/mol. The molecule has 4 unspecified atom stereocenters. The lowest BCUT2D eigenvalue weighted by atomic mass is 9.87. The second kappa shape index (κ2) is 7.39. The van der Waals surface area contributed by atoms with Gasteiger partial charge in [0.05, 0.1) is 6.04 Å². The number of carbonyl (C=O) groups is 2. The fraction of sp³-hybridized carbons (Fsp3) is 0.882. The Kier molecular flexibility index (Phi) is 5.80. The second-order valence-corrected chi connectivity index (χ2v) is 6.76. The number of nitrogens with zero attached hydrogens (tertiary/aromatic N) is 1. The summed E-state index contributed by atoms with van der Waals surface area (Å²) >= 11 is 0. The topological polar surface area (TPSA) is 49.4 Å². The van der Waals surface area contributed by atoms with Crippen LogP contribution >= 0.6 is 0 Å². The number of ketones is 1. The zero-order valence-corrected chi connectivity index (χ0v) is 13.7. The van der Waals surface area contributed by atoms with E-state index < -0.39 is 0 Å². The first-order valence-electron chi connectivity index (χ1n) is 8.63. The molecule has 2 aliphatic rings. The van der Waals surface area contributed by atoms with Crippen LogP contribution in [-0.4, -0.2) is 41.3 Å². The molecule has 1 saturated heterocycles. The first kappa shape index (κ1) is 16.5. The maximum atomic E-state index is 12.4. The monoisotopic (exact) mass is 294 g/mol. The summed E-state index contributed by atoms with van der Waals surface area (Å²) in [5, 5.41) is 3.08. The summed E-state index contributed by atoms with van der Waals surface area (Å²) in [6.07, 6.45) is 7.12. The van der Waals surface area contributed by atoms with Crippen LogP contribution in [0.1, 0.15) is 65.7 Å². The van der Waals surface area contributed by atoms with Crippen LogP contribution in [0.15, 0.2) is 0 Å². The van der Waals surface area contributed by atoms with E-state index in [9.17, 15) is 9.59 Å². The molecule has 4 atom stereocenters. The Labute approximate surface area is 128 Å². The molecular weight excluding hydrogens is 264 g/mol. The third-order valence-corrected chi connectivity index (χ3v) is 5.29. The lowest BCUT2D eigenvalue weighted by Gasteiger charge is -2.42. The predicted molar refractivity (Wildman–Crippen MR) is 84.1 cm³/mol. The van der Waals surface area contributed by atoms with Crippen LogP contribution in [0, 0.1) is 5.92 Å². The van der Waals surface area contributed by atoms with E-state index in [2.05, 4.69) is 17.1 Å². The van der Waals surface area contributed by atoms with Gasteiger partial charge in [0.1, 0.15) is 5.78 Å². The van der Waals surface area contributed by atoms with Crippen LogP contribution in [0.5, 0.6) is 0 Å². The molecule has 1 aliphatic heterocycles. The number of hydrogen-bond acceptors (Lipinski definition) is 3. The molecule has 0 aromatic heterocycles. The summed E-state index contributed by atoms with van der Waals surface area (Å²) in [5.74, 6) is 0.701. The van der Waals surface area contributed by atoms with Crippen molar-refractivity contribution in [2.45, 2.75) is 83.8 Å². The molecule has 4 nitrogen and oxygen atoms in total. The molecule has 0 spiro atoms. The summed E-state index contributed by atoms with van der Waals surface area (Å²) in [4.78, 5) is 26.8. The highest BCUT2D eigenvalue weighted by molar-refractivity contribution is 5.84. The Morgan fingerprint density at radius 2 is 2.05 bits per heavy atom. The van der Waals surface area contributed by atoms with Crippen LogP contribution in [-0.2, 0) is 9.59 Å². The highest BCUT2D eigenvalue weighted by atomic mass is 16.2. The van der Waals surface area contributed by atoms with Gasteiger partial charge in [0.15, 0.2) is 0 Å². The quantitative estimate of drug-likeness (QED) is 0.847. The van der Waals surface area contributed by atoms with Gasteiger partial charge in [-0.2, -0.15) is 0 Å². The molecule has 1 N–H and O–H groups in total. The molecule has 1 saturated carbocycles. The van der Waals surface area contributed by atoms with Crippen molar-refractivity contribution < 1.29 is 9.59 Å². The SMILES string of the molecule is CCC(C)NC(=O)C(C)N1CCCCC1C1CCCC1=O. The van der Waals surface area contributed by atoms with Crippen molar-refractivity contribution in [1.82, 2.24) is 10.2 Å². The minimum atomic E-state index is -0.127. The number of amides is 1. The minimum Gasteiger partial charge on any atom is -0.352 e. The van der Waals surface area contributed by atoms with E-state index in [0.29, 0.717) is 5.78 Å². The maximum absolute atomic E-state index is 12.4. The number of nitrogens with one attached hydrogen (secondary N) is 1. The highest BCUT2D eigenvalue weighted by Crippen LogP contribution is 2.33. The molecule has 0 bridgehead atoms. The van der Waals surface area contributed by atoms with Gasteiger partial charge in [-0.15, -0.1) is 0 Å². The number of Topliss-reactive ketones (excluding diaryl/α,β-unsaturated/α-hetero) is 1. The Morgan fingerprint density at radius 1 is 1.29 bits per heavy atom. The lowest BCUT2D eigenvalue weighted by molar-refractivity contribution is -0.131. The van der Waals surface area contributed by atoms with Crippen LogP contribution < -0.4 is 5.32 Å². The Morgan fingerprint density at radius 3 is 2.67 bits per heavy atom. The largest absolute Gasteiger partial charge is 0.352 e. The van der Waals surface area contributed by atoms with Crippen molar-refractivity contribution >= 4 is 11.7 Å². The van der Waals surface area contributed by atoms with Gasteiger partial charge in [-0.25, -0.2) is 0 Å². The predicted octanol–water partition coefficient (Wildman–Crippen LogP) is 2.51. The van der Waals surface area contributed by atoms with Crippen molar-refractivity contribution in [2.24, 2.45) is 5.92 Å². The molecule has 4 heteroatoms. The molecule has 1 aliphatic carbocycles. The second-order valence-electron chi connectivity index (χ2n) is 6.76. The van der Waals surface area contributed by atoms with Gasteiger partial charge in [-0.05, 0) is 52.5 Å².